The van der Waals surface area contributed by atoms with Gasteiger partial charge in [0.1, 0.15) is 0 Å². The van der Waals surface area contributed by atoms with E-state index in [1.807, 2.05) is 30.3 Å². The van der Waals surface area contributed by atoms with Gasteiger partial charge in [0, 0.05) is 13.1 Å². The van der Waals surface area contributed by atoms with Gasteiger partial charge in [0.2, 0.25) is 0 Å². The standard InChI is InChI=1S/C15H25N3O/c1-2-3-9-18(10-11-19)12-14(15(16)17)13-7-5-4-6-8-13/h4-8,14,19H,2-3,9-12H2,1H3,(H3,16,17). The molecule has 19 heavy (non-hydrogen) atoms. The Morgan fingerprint density at radius 3 is 2.53 bits per heavy atom. The van der Waals surface area contributed by atoms with Crippen molar-refractivity contribution in [3.05, 3.63) is 35.9 Å². The number of aliphatic hydroxyl groups is 1. The molecule has 1 atom stereocenters. The third-order valence-corrected chi connectivity index (χ3v) is 3.26. The molecule has 0 heterocycles. The Kier molecular flexibility index (Phi) is 7.15. The van der Waals surface area contributed by atoms with Crippen molar-refractivity contribution in [1.29, 1.82) is 5.41 Å². The highest BCUT2D eigenvalue weighted by Crippen LogP contribution is 2.17. The predicted octanol–water partition coefficient (Wildman–Crippen LogP) is 1.80. The van der Waals surface area contributed by atoms with Crippen molar-refractivity contribution in [3.8, 4) is 0 Å². The van der Waals surface area contributed by atoms with Gasteiger partial charge in [0.05, 0.1) is 18.4 Å². The van der Waals surface area contributed by atoms with Crippen LogP contribution in [-0.4, -0.2) is 42.1 Å². The van der Waals surface area contributed by atoms with E-state index in [-0.39, 0.29) is 18.4 Å². The minimum atomic E-state index is -0.0930. The van der Waals surface area contributed by atoms with E-state index in [0.717, 1.165) is 24.9 Å². The quantitative estimate of drug-likeness (QED) is 0.470. The summed E-state index contributed by atoms with van der Waals surface area (Å²) in [7, 11) is 0. The van der Waals surface area contributed by atoms with Crippen molar-refractivity contribution < 1.29 is 5.11 Å². The van der Waals surface area contributed by atoms with E-state index in [1.165, 1.54) is 0 Å². The molecule has 0 aliphatic carbocycles. The Hall–Kier alpha value is -1.39. The summed E-state index contributed by atoms with van der Waals surface area (Å²) >= 11 is 0. The average Bonchev–Trinajstić information content (AvgIpc) is 2.42. The number of hydrogen-bond donors (Lipinski definition) is 3. The van der Waals surface area contributed by atoms with Crippen molar-refractivity contribution in [2.24, 2.45) is 5.73 Å². The van der Waals surface area contributed by atoms with E-state index in [1.54, 1.807) is 0 Å². The predicted molar refractivity (Wildman–Crippen MR) is 79.5 cm³/mol. The number of rotatable bonds is 9. The van der Waals surface area contributed by atoms with Crippen molar-refractivity contribution >= 4 is 5.84 Å². The highest BCUT2D eigenvalue weighted by atomic mass is 16.3. The van der Waals surface area contributed by atoms with Crippen molar-refractivity contribution in [2.75, 3.05) is 26.2 Å². The molecule has 0 amide bonds. The molecular formula is C15H25N3O. The lowest BCUT2D eigenvalue weighted by molar-refractivity contribution is 0.192. The zero-order valence-corrected chi connectivity index (χ0v) is 11.7. The second-order valence-corrected chi connectivity index (χ2v) is 4.80. The fourth-order valence-corrected chi connectivity index (χ4v) is 2.14. The van der Waals surface area contributed by atoms with Crippen molar-refractivity contribution in [3.63, 3.8) is 0 Å². The number of nitrogens with one attached hydrogen (secondary N) is 1. The molecule has 1 aromatic rings. The number of aliphatic hydroxyl groups excluding tert-OH is 1. The number of nitrogens with zero attached hydrogens (tertiary/aromatic N) is 1. The Morgan fingerprint density at radius 2 is 2.00 bits per heavy atom. The first-order valence-corrected chi connectivity index (χ1v) is 6.91. The highest BCUT2D eigenvalue weighted by molar-refractivity contribution is 5.84. The normalized spacial score (nSPS) is 12.6. The lowest BCUT2D eigenvalue weighted by Crippen LogP contribution is -2.36. The summed E-state index contributed by atoms with van der Waals surface area (Å²) in [6, 6.07) is 9.90. The fraction of sp³-hybridized carbons (Fsp3) is 0.533. The maximum absolute atomic E-state index is 9.13. The minimum absolute atomic E-state index is 0.0930. The SMILES string of the molecule is CCCCN(CCO)CC(C(=N)N)c1ccccc1. The molecule has 0 aliphatic rings. The molecule has 0 aliphatic heterocycles. The number of nitrogens with two attached hydrogens (primary N) is 1. The van der Waals surface area contributed by atoms with Crippen LogP contribution in [0.2, 0.25) is 0 Å². The summed E-state index contributed by atoms with van der Waals surface area (Å²) in [5.41, 5.74) is 6.80. The van der Waals surface area contributed by atoms with Crippen LogP contribution in [0.25, 0.3) is 0 Å². The Morgan fingerprint density at radius 1 is 1.32 bits per heavy atom. The van der Waals surface area contributed by atoms with Gasteiger partial charge in [-0.05, 0) is 18.5 Å². The third kappa shape index (κ3) is 5.41. The second-order valence-electron chi connectivity index (χ2n) is 4.80. The van der Waals surface area contributed by atoms with Gasteiger partial charge >= 0.3 is 0 Å². The summed E-state index contributed by atoms with van der Waals surface area (Å²) in [5.74, 6) is 0.0928. The van der Waals surface area contributed by atoms with Crippen LogP contribution in [0.5, 0.6) is 0 Å². The van der Waals surface area contributed by atoms with E-state index >= 15 is 0 Å². The van der Waals surface area contributed by atoms with Gasteiger partial charge in [-0.1, -0.05) is 43.7 Å². The molecule has 0 saturated heterocycles. The fourth-order valence-electron chi connectivity index (χ4n) is 2.14. The third-order valence-electron chi connectivity index (χ3n) is 3.26. The van der Waals surface area contributed by atoms with Crippen LogP contribution in [0.1, 0.15) is 31.2 Å². The first kappa shape index (κ1) is 15.7. The van der Waals surface area contributed by atoms with Gasteiger partial charge in [-0.2, -0.15) is 0 Å². The van der Waals surface area contributed by atoms with Crippen LogP contribution >= 0.6 is 0 Å². The van der Waals surface area contributed by atoms with E-state index in [9.17, 15) is 0 Å². The Bertz CT molecular complexity index is 367. The second kappa shape index (κ2) is 8.67. The minimum Gasteiger partial charge on any atom is -0.395 e. The molecular weight excluding hydrogens is 238 g/mol. The largest absolute Gasteiger partial charge is 0.395 e. The van der Waals surface area contributed by atoms with Gasteiger partial charge in [-0.15, -0.1) is 0 Å². The molecule has 0 fully saturated rings. The summed E-state index contributed by atoms with van der Waals surface area (Å²) in [6.45, 7) is 4.56. The first-order valence-electron chi connectivity index (χ1n) is 6.91. The maximum Gasteiger partial charge on any atom is 0.0995 e. The molecule has 4 heteroatoms. The van der Waals surface area contributed by atoms with Crippen LogP contribution in [0.4, 0.5) is 0 Å². The number of benzene rings is 1. The average molecular weight is 263 g/mol. The summed E-state index contributed by atoms with van der Waals surface area (Å²) < 4.78 is 0. The number of amidine groups is 1. The molecule has 0 saturated carbocycles. The van der Waals surface area contributed by atoms with Gasteiger partial charge in [-0.3, -0.25) is 10.3 Å². The molecule has 1 aromatic carbocycles. The monoisotopic (exact) mass is 263 g/mol. The summed E-state index contributed by atoms with van der Waals surface area (Å²) in [4.78, 5) is 2.18. The van der Waals surface area contributed by atoms with E-state index in [2.05, 4.69) is 11.8 Å². The summed E-state index contributed by atoms with van der Waals surface area (Å²) in [6.07, 6.45) is 2.22. The van der Waals surface area contributed by atoms with Crippen LogP contribution in [-0.2, 0) is 0 Å². The maximum atomic E-state index is 9.13. The number of hydrogen-bond acceptors (Lipinski definition) is 3. The molecule has 4 nitrogen and oxygen atoms in total. The molecule has 1 rings (SSSR count). The van der Waals surface area contributed by atoms with Crippen molar-refractivity contribution in [2.45, 2.75) is 25.7 Å². The van der Waals surface area contributed by atoms with E-state index in [4.69, 9.17) is 16.2 Å². The van der Waals surface area contributed by atoms with E-state index in [0.29, 0.717) is 13.1 Å². The van der Waals surface area contributed by atoms with Gasteiger partial charge in [-0.25, -0.2) is 0 Å². The lowest BCUT2D eigenvalue weighted by Gasteiger charge is -2.26. The zero-order valence-electron chi connectivity index (χ0n) is 11.7. The van der Waals surface area contributed by atoms with Crippen LogP contribution in [0.15, 0.2) is 30.3 Å². The zero-order chi connectivity index (χ0) is 14.1. The van der Waals surface area contributed by atoms with Crippen LogP contribution in [0.3, 0.4) is 0 Å². The van der Waals surface area contributed by atoms with E-state index < -0.39 is 0 Å². The summed E-state index contributed by atoms with van der Waals surface area (Å²) in [5, 5.41) is 16.9. The Labute approximate surface area is 115 Å². The lowest BCUT2D eigenvalue weighted by atomic mass is 9.97. The Balaban J connectivity index is 2.73. The first-order chi connectivity index (χ1) is 9.19. The van der Waals surface area contributed by atoms with Gasteiger partial charge in [0.25, 0.3) is 0 Å². The number of unbranched alkanes of at least 4 members (excludes halogenated alkanes) is 1. The molecule has 4 N–H and O–H groups in total. The van der Waals surface area contributed by atoms with Crippen LogP contribution < -0.4 is 5.73 Å². The van der Waals surface area contributed by atoms with Crippen LogP contribution in [0, 0.1) is 5.41 Å². The topological polar surface area (TPSA) is 73.3 Å². The molecule has 0 radical (unpaired) electrons. The highest BCUT2D eigenvalue weighted by Gasteiger charge is 2.18. The molecule has 0 spiro atoms. The van der Waals surface area contributed by atoms with Gasteiger partial charge < -0.3 is 10.8 Å². The molecule has 0 aromatic heterocycles. The molecule has 1 unspecified atom stereocenters. The molecule has 106 valence electrons. The molecule has 0 bridgehead atoms. The van der Waals surface area contributed by atoms with Crippen molar-refractivity contribution in [1.82, 2.24) is 4.90 Å². The smallest absolute Gasteiger partial charge is 0.0995 e. The van der Waals surface area contributed by atoms with Gasteiger partial charge in [0.15, 0.2) is 0 Å².